The van der Waals surface area contributed by atoms with Crippen LogP contribution in [0.2, 0.25) is 0 Å². The Balaban J connectivity index is 1.64. The molecule has 30 heavy (non-hydrogen) atoms. The second-order valence-electron chi connectivity index (χ2n) is 7.23. The van der Waals surface area contributed by atoms with Crippen molar-refractivity contribution in [3.63, 3.8) is 0 Å². The molecule has 1 fully saturated rings. The molecule has 7 nitrogen and oxygen atoms in total. The molecule has 0 spiro atoms. The number of thioether (sulfide) groups is 1. The minimum Gasteiger partial charge on any atom is -0.344 e. The van der Waals surface area contributed by atoms with Crippen molar-refractivity contribution in [1.29, 1.82) is 0 Å². The lowest BCUT2D eigenvalue weighted by atomic mass is 10.1. The van der Waals surface area contributed by atoms with Gasteiger partial charge in [-0.05, 0) is 44.4 Å². The van der Waals surface area contributed by atoms with Crippen LogP contribution in [0.4, 0.5) is 10.8 Å². The molecule has 0 saturated carbocycles. The van der Waals surface area contributed by atoms with E-state index in [1.807, 2.05) is 50.4 Å². The molecule has 0 unspecified atom stereocenters. The van der Waals surface area contributed by atoms with Crippen LogP contribution in [0.15, 0.2) is 30.3 Å². The minimum absolute atomic E-state index is 0.0831. The number of rotatable bonds is 8. The summed E-state index contributed by atoms with van der Waals surface area (Å²) in [6.45, 7) is 4.16. The van der Waals surface area contributed by atoms with E-state index < -0.39 is 12.0 Å². The van der Waals surface area contributed by atoms with Crippen LogP contribution in [0.5, 0.6) is 0 Å². The molecule has 3 rings (SSSR count). The normalized spacial score (nSPS) is 17.1. The molecule has 1 aliphatic heterocycles. The summed E-state index contributed by atoms with van der Waals surface area (Å²) in [4.78, 5) is 45.1. The van der Waals surface area contributed by atoms with Crippen LogP contribution < -0.4 is 15.5 Å². The maximum atomic E-state index is 12.9. The zero-order chi connectivity index (χ0) is 21.7. The number of nitrogens with one attached hydrogen (secondary N) is 2. The first-order valence-corrected chi connectivity index (χ1v) is 12.0. The zero-order valence-electron chi connectivity index (χ0n) is 17.3. The smallest absolute Gasteiger partial charge is 0.248 e. The van der Waals surface area contributed by atoms with E-state index in [9.17, 15) is 14.4 Å². The van der Waals surface area contributed by atoms with E-state index in [-0.39, 0.29) is 24.1 Å². The molecule has 160 valence electrons. The lowest BCUT2D eigenvalue weighted by Crippen LogP contribution is -2.46. The van der Waals surface area contributed by atoms with Gasteiger partial charge in [0.25, 0.3) is 0 Å². The lowest BCUT2D eigenvalue weighted by molar-refractivity contribution is -0.129. The van der Waals surface area contributed by atoms with Gasteiger partial charge in [-0.3, -0.25) is 14.4 Å². The third-order valence-corrected chi connectivity index (χ3v) is 6.70. The van der Waals surface area contributed by atoms with E-state index in [0.29, 0.717) is 18.1 Å². The van der Waals surface area contributed by atoms with Crippen LogP contribution in [0.25, 0.3) is 0 Å². The molecule has 9 heteroatoms. The molecule has 2 aromatic rings. The second kappa shape index (κ2) is 10.1. The fourth-order valence-electron chi connectivity index (χ4n) is 3.25. The molecule has 0 radical (unpaired) electrons. The number of amides is 3. The molecule has 0 aliphatic carbocycles. The average Bonchev–Trinajstić information content (AvgIpc) is 3.27. The summed E-state index contributed by atoms with van der Waals surface area (Å²) in [7, 11) is 0. The van der Waals surface area contributed by atoms with Crippen molar-refractivity contribution >= 4 is 51.6 Å². The van der Waals surface area contributed by atoms with Gasteiger partial charge in [0.1, 0.15) is 6.04 Å². The summed E-state index contributed by atoms with van der Waals surface area (Å²) in [6, 6.07) is 8.64. The Hall–Kier alpha value is -2.39. The number of anilines is 2. The summed E-state index contributed by atoms with van der Waals surface area (Å²) in [6.07, 6.45) is 2.60. The maximum absolute atomic E-state index is 12.9. The van der Waals surface area contributed by atoms with Gasteiger partial charge in [0.2, 0.25) is 17.7 Å². The standard InChI is InChI=1S/C21H26N4O3S2/c1-13-14(2)30-21(22-13)24-20(28)17(9-10-29-3)23-19(27)15-11-18(26)25(12-15)16-7-5-4-6-8-16/h4-8,15,17H,9-12H2,1-3H3,(H,23,27)(H,22,24,28)/t15-,17+/m0/s1. The van der Waals surface area contributed by atoms with E-state index in [0.717, 1.165) is 22.0 Å². The molecule has 1 aromatic heterocycles. The predicted octanol–water partition coefficient (Wildman–Crippen LogP) is 2.99. The summed E-state index contributed by atoms with van der Waals surface area (Å²) in [5, 5.41) is 6.21. The van der Waals surface area contributed by atoms with Crippen LogP contribution in [0.3, 0.4) is 0 Å². The fraction of sp³-hybridized carbons (Fsp3) is 0.429. The number of benzene rings is 1. The van der Waals surface area contributed by atoms with Gasteiger partial charge in [0.15, 0.2) is 5.13 Å². The number of para-hydroxylation sites is 1. The van der Waals surface area contributed by atoms with Gasteiger partial charge in [-0.2, -0.15) is 11.8 Å². The van der Waals surface area contributed by atoms with Crippen LogP contribution >= 0.6 is 23.1 Å². The highest BCUT2D eigenvalue weighted by Crippen LogP contribution is 2.25. The van der Waals surface area contributed by atoms with Crippen molar-refractivity contribution in [1.82, 2.24) is 10.3 Å². The molecule has 1 aliphatic rings. The first-order chi connectivity index (χ1) is 14.4. The highest BCUT2D eigenvalue weighted by atomic mass is 32.2. The van der Waals surface area contributed by atoms with Crippen molar-refractivity contribution in [2.75, 3.05) is 28.8 Å². The van der Waals surface area contributed by atoms with Crippen LogP contribution in [-0.4, -0.2) is 47.3 Å². The molecule has 2 N–H and O–H groups in total. The Morgan fingerprint density at radius 2 is 2.03 bits per heavy atom. The molecule has 0 bridgehead atoms. The van der Waals surface area contributed by atoms with E-state index in [2.05, 4.69) is 15.6 Å². The molecule has 2 heterocycles. The number of thiazole rings is 1. The Labute approximate surface area is 184 Å². The highest BCUT2D eigenvalue weighted by molar-refractivity contribution is 7.98. The van der Waals surface area contributed by atoms with Crippen molar-refractivity contribution in [3.05, 3.63) is 40.9 Å². The van der Waals surface area contributed by atoms with Gasteiger partial charge in [0, 0.05) is 23.5 Å². The Bertz CT molecular complexity index is 897. The summed E-state index contributed by atoms with van der Waals surface area (Å²) in [5.74, 6) is -0.384. The van der Waals surface area contributed by atoms with Gasteiger partial charge >= 0.3 is 0 Å². The van der Waals surface area contributed by atoms with Crippen molar-refractivity contribution in [3.8, 4) is 0 Å². The third-order valence-electron chi connectivity index (χ3n) is 5.07. The number of hydrogen-bond donors (Lipinski definition) is 2. The molecule has 1 aromatic carbocycles. The molecule has 3 amide bonds. The minimum atomic E-state index is -0.671. The van der Waals surface area contributed by atoms with E-state index >= 15 is 0 Å². The van der Waals surface area contributed by atoms with E-state index in [1.165, 1.54) is 11.3 Å². The predicted molar refractivity (Wildman–Crippen MR) is 122 cm³/mol. The van der Waals surface area contributed by atoms with Crippen LogP contribution in [0, 0.1) is 19.8 Å². The summed E-state index contributed by atoms with van der Waals surface area (Å²) in [5.41, 5.74) is 1.66. The van der Waals surface area contributed by atoms with Crippen molar-refractivity contribution in [2.24, 2.45) is 5.92 Å². The highest BCUT2D eigenvalue weighted by Gasteiger charge is 2.36. The summed E-state index contributed by atoms with van der Waals surface area (Å²) < 4.78 is 0. The largest absolute Gasteiger partial charge is 0.344 e. The topological polar surface area (TPSA) is 91.4 Å². The lowest BCUT2D eigenvalue weighted by Gasteiger charge is -2.20. The number of aryl methyl sites for hydroxylation is 2. The molecular weight excluding hydrogens is 420 g/mol. The number of aromatic nitrogens is 1. The van der Waals surface area contributed by atoms with Gasteiger partial charge in [-0.15, -0.1) is 11.3 Å². The van der Waals surface area contributed by atoms with Crippen LogP contribution in [-0.2, 0) is 14.4 Å². The van der Waals surface area contributed by atoms with Crippen molar-refractivity contribution in [2.45, 2.75) is 32.7 Å². The molecule has 1 saturated heterocycles. The first kappa shape index (κ1) is 22.3. The Morgan fingerprint density at radius 3 is 2.67 bits per heavy atom. The summed E-state index contributed by atoms with van der Waals surface area (Å²) >= 11 is 3.02. The van der Waals surface area contributed by atoms with Gasteiger partial charge in [-0.25, -0.2) is 4.98 Å². The number of carbonyl (C=O) groups is 3. The van der Waals surface area contributed by atoms with Gasteiger partial charge < -0.3 is 15.5 Å². The van der Waals surface area contributed by atoms with Crippen molar-refractivity contribution < 1.29 is 14.4 Å². The maximum Gasteiger partial charge on any atom is 0.248 e. The Kier molecular flexibility index (Phi) is 7.49. The van der Waals surface area contributed by atoms with E-state index in [1.54, 1.807) is 16.7 Å². The molecule has 2 atom stereocenters. The molecular formula is C21H26N4O3S2. The van der Waals surface area contributed by atoms with Gasteiger partial charge in [0.05, 0.1) is 11.6 Å². The van der Waals surface area contributed by atoms with Gasteiger partial charge in [-0.1, -0.05) is 18.2 Å². The monoisotopic (exact) mass is 446 g/mol. The number of carbonyl (C=O) groups excluding carboxylic acids is 3. The third kappa shape index (κ3) is 5.40. The number of nitrogens with zero attached hydrogens (tertiary/aromatic N) is 2. The van der Waals surface area contributed by atoms with Crippen LogP contribution in [0.1, 0.15) is 23.4 Å². The quantitative estimate of drug-likeness (QED) is 0.650. The SMILES string of the molecule is CSCC[C@@H](NC(=O)[C@H]1CC(=O)N(c2ccccc2)C1)C(=O)Nc1nc(C)c(C)s1. The average molecular weight is 447 g/mol. The Morgan fingerprint density at radius 1 is 1.30 bits per heavy atom. The second-order valence-corrected chi connectivity index (χ2v) is 9.42. The zero-order valence-corrected chi connectivity index (χ0v) is 18.9. The first-order valence-electron chi connectivity index (χ1n) is 9.78. The number of hydrogen-bond acceptors (Lipinski definition) is 6. The van der Waals surface area contributed by atoms with E-state index in [4.69, 9.17) is 0 Å². The fourth-order valence-corrected chi connectivity index (χ4v) is 4.54.